The molecule has 1 N–H and O–H groups in total. The van der Waals surface area contributed by atoms with Gasteiger partial charge in [-0.15, -0.1) is 0 Å². The third kappa shape index (κ3) is 5.60. The van der Waals surface area contributed by atoms with E-state index in [1.165, 1.54) is 6.08 Å². The van der Waals surface area contributed by atoms with Crippen LogP contribution < -0.4 is 5.32 Å². The summed E-state index contributed by atoms with van der Waals surface area (Å²) in [6.07, 6.45) is 6.16. The molecule has 132 valence electrons. The van der Waals surface area contributed by atoms with E-state index in [4.69, 9.17) is 0 Å². The van der Waals surface area contributed by atoms with Crippen LogP contribution in [0.3, 0.4) is 0 Å². The van der Waals surface area contributed by atoms with Gasteiger partial charge in [0.2, 0.25) is 11.8 Å². The smallest absolute Gasteiger partial charge is 0.247 e. The van der Waals surface area contributed by atoms with Crippen molar-refractivity contribution in [3.8, 4) is 0 Å². The van der Waals surface area contributed by atoms with Gasteiger partial charge >= 0.3 is 0 Å². The van der Waals surface area contributed by atoms with Crippen LogP contribution in [0.1, 0.15) is 24.5 Å². The van der Waals surface area contributed by atoms with Crippen molar-refractivity contribution in [2.24, 2.45) is 7.05 Å². The Kier molecular flexibility index (Phi) is 6.51. The summed E-state index contributed by atoms with van der Waals surface area (Å²) in [5.74, 6) is -0.178. The SMILES string of the molecule is C=CC(=O)Nc1ccc(CC(=O)N(CCC)Cc2cnn(C)c2)cc1. The lowest BCUT2D eigenvalue weighted by atomic mass is 10.1. The molecule has 0 radical (unpaired) electrons. The number of nitrogens with one attached hydrogen (secondary N) is 1. The van der Waals surface area contributed by atoms with Crippen molar-refractivity contribution in [1.82, 2.24) is 14.7 Å². The second-order valence-corrected chi connectivity index (χ2v) is 5.90. The molecule has 1 heterocycles. The minimum absolute atomic E-state index is 0.0774. The molecule has 0 fully saturated rings. The van der Waals surface area contributed by atoms with Gasteiger partial charge in [0.05, 0.1) is 12.6 Å². The highest BCUT2D eigenvalue weighted by atomic mass is 16.2. The van der Waals surface area contributed by atoms with Gasteiger partial charge < -0.3 is 10.2 Å². The molecule has 0 saturated carbocycles. The number of benzene rings is 1. The van der Waals surface area contributed by atoms with Crippen molar-refractivity contribution in [3.05, 3.63) is 60.4 Å². The Morgan fingerprint density at radius 1 is 1.28 bits per heavy atom. The van der Waals surface area contributed by atoms with Crippen LogP contribution in [-0.4, -0.2) is 33.0 Å². The van der Waals surface area contributed by atoms with E-state index in [1.54, 1.807) is 23.0 Å². The molecule has 0 unspecified atom stereocenters. The summed E-state index contributed by atoms with van der Waals surface area (Å²) >= 11 is 0. The molecule has 6 nitrogen and oxygen atoms in total. The highest BCUT2D eigenvalue weighted by Gasteiger charge is 2.14. The molecule has 0 bridgehead atoms. The van der Waals surface area contributed by atoms with Crippen LogP contribution in [-0.2, 0) is 29.6 Å². The van der Waals surface area contributed by atoms with Gasteiger partial charge in [0, 0.05) is 37.6 Å². The van der Waals surface area contributed by atoms with E-state index in [9.17, 15) is 9.59 Å². The highest BCUT2D eigenvalue weighted by molar-refractivity contribution is 5.98. The second-order valence-electron chi connectivity index (χ2n) is 5.90. The normalized spacial score (nSPS) is 10.3. The Hall–Kier alpha value is -2.89. The highest BCUT2D eigenvalue weighted by Crippen LogP contribution is 2.12. The van der Waals surface area contributed by atoms with Crippen LogP contribution in [0.4, 0.5) is 5.69 Å². The Labute approximate surface area is 148 Å². The van der Waals surface area contributed by atoms with E-state index in [-0.39, 0.29) is 11.8 Å². The number of carbonyl (C=O) groups is 2. The average molecular weight is 340 g/mol. The predicted molar refractivity (Wildman–Crippen MR) is 97.9 cm³/mol. The predicted octanol–water partition coefficient (Wildman–Crippen LogP) is 2.53. The van der Waals surface area contributed by atoms with Crippen LogP contribution in [0.2, 0.25) is 0 Å². The molecule has 1 aromatic carbocycles. The van der Waals surface area contributed by atoms with Crippen molar-refractivity contribution in [1.29, 1.82) is 0 Å². The Bertz CT molecular complexity index is 734. The number of anilines is 1. The molecule has 2 aromatic rings. The molecule has 0 spiro atoms. The standard InChI is InChI=1S/C19H24N4O2/c1-4-10-23(14-16-12-20-22(3)13-16)19(25)11-15-6-8-17(9-7-15)21-18(24)5-2/h5-9,12-13H,2,4,10-11,14H2,1,3H3,(H,21,24). The van der Waals surface area contributed by atoms with E-state index in [2.05, 4.69) is 23.9 Å². The summed E-state index contributed by atoms with van der Waals surface area (Å²) in [5.41, 5.74) is 2.61. The van der Waals surface area contributed by atoms with Gasteiger partial charge in [0.1, 0.15) is 0 Å². The molecular formula is C19H24N4O2. The summed E-state index contributed by atoms with van der Waals surface area (Å²) in [7, 11) is 1.86. The van der Waals surface area contributed by atoms with Crippen molar-refractivity contribution < 1.29 is 9.59 Å². The summed E-state index contributed by atoms with van der Waals surface area (Å²) in [5, 5.41) is 6.84. The minimum Gasteiger partial charge on any atom is -0.338 e. The van der Waals surface area contributed by atoms with E-state index < -0.39 is 0 Å². The lowest BCUT2D eigenvalue weighted by Crippen LogP contribution is -2.32. The number of rotatable bonds is 8. The van der Waals surface area contributed by atoms with Gasteiger partial charge in [-0.2, -0.15) is 5.10 Å². The monoisotopic (exact) mass is 340 g/mol. The van der Waals surface area contributed by atoms with Gasteiger partial charge in [0.15, 0.2) is 0 Å². The van der Waals surface area contributed by atoms with Gasteiger partial charge in [-0.05, 0) is 30.2 Å². The summed E-state index contributed by atoms with van der Waals surface area (Å²) in [6.45, 7) is 6.75. The topological polar surface area (TPSA) is 67.2 Å². The van der Waals surface area contributed by atoms with Crippen LogP contribution in [0.5, 0.6) is 0 Å². The van der Waals surface area contributed by atoms with Crippen molar-refractivity contribution in [2.75, 3.05) is 11.9 Å². The van der Waals surface area contributed by atoms with Crippen LogP contribution >= 0.6 is 0 Å². The fourth-order valence-electron chi connectivity index (χ4n) is 2.52. The summed E-state index contributed by atoms with van der Waals surface area (Å²) in [6, 6.07) is 7.28. The molecule has 2 amide bonds. The number of aromatic nitrogens is 2. The molecule has 2 rings (SSSR count). The zero-order chi connectivity index (χ0) is 18.2. The third-order valence-corrected chi connectivity index (χ3v) is 3.74. The first kappa shape index (κ1) is 18.4. The quantitative estimate of drug-likeness (QED) is 0.751. The van der Waals surface area contributed by atoms with E-state index in [1.807, 2.05) is 30.3 Å². The Balaban J connectivity index is 1.99. The molecule has 6 heteroatoms. The lowest BCUT2D eigenvalue weighted by Gasteiger charge is -2.21. The first-order chi connectivity index (χ1) is 12.0. The number of hydrogen-bond donors (Lipinski definition) is 1. The first-order valence-electron chi connectivity index (χ1n) is 8.29. The zero-order valence-corrected chi connectivity index (χ0v) is 14.7. The van der Waals surface area contributed by atoms with E-state index in [0.717, 1.165) is 17.5 Å². The van der Waals surface area contributed by atoms with Gasteiger partial charge in [0.25, 0.3) is 0 Å². The molecule has 0 aliphatic heterocycles. The maximum atomic E-state index is 12.6. The fourth-order valence-corrected chi connectivity index (χ4v) is 2.52. The van der Waals surface area contributed by atoms with Gasteiger partial charge in [-0.25, -0.2) is 0 Å². The van der Waals surface area contributed by atoms with E-state index >= 15 is 0 Å². The minimum atomic E-state index is -0.255. The fraction of sp³-hybridized carbons (Fsp3) is 0.316. The lowest BCUT2D eigenvalue weighted by molar-refractivity contribution is -0.131. The molecule has 0 aliphatic rings. The molecule has 25 heavy (non-hydrogen) atoms. The third-order valence-electron chi connectivity index (χ3n) is 3.74. The Morgan fingerprint density at radius 2 is 2.00 bits per heavy atom. The second kappa shape index (κ2) is 8.82. The maximum Gasteiger partial charge on any atom is 0.247 e. The maximum absolute atomic E-state index is 12.6. The number of amides is 2. The molecule has 1 aromatic heterocycles. The largest absolute Gasteiger partial charge is 0.338 e. The van der Waals surface area contributed by atoms with Crippen molar-refractivity contribution >= 4 is 17.5 Å². The Morgan fingerprint density at radius 3 is 2.56 bits per heavy atom. The number of carbonyl (C=O) groups excluding carboxylic acids is 2. The van der Waals surface area contributed by atoms with Gasteiger partial charge in [-0.1, -0.05) is 25.6 Å². The summed E-state index contributed by atoms with van der Waals surface area (Å²) < 4.78 is 1.74. The molecule has 0 atom stereocenters. The summed E-state index contributed by atoms with van der Waals surface area (Å²) in [4.78, 5) is 25.8. The van der Waals surface area contributed by atoms with Crippen LogP contribution in [0.15, 0.2) is 49.3 Å². The van der Waals surface area contributed by atoms with Crippen LogP contribution in [0, 0.1) is 0 Å². The van der Waals surface area contributed by atoms with Gasteiger partial charge in [-0.3, -0.25) is 14.3 Å². The molecular weight excluding hydrogens is 316 g/mol. The first-order valence-corrected chi connectivity index (χ1v) is 8.29. The number of aryl methyl sites for hydroxylation is 1. The van der Waals surface area contributed by atoms with Crippen molar-refractivity contribution in [2.45, 2.75) is 26.3 Å². The van der Waals surface area contributed by atoms with E-state index in [0.29, 0.717) is 25.2 Å². The molecule has 0 aliphatic carbocycles. The number of hydrogen-bond acceptors (Lipinski definition) is 3. The van der Waals surface area contributed by atoms with Crippen molar-refractivity contribution in [3.63, 3.8) is 0 Å². The zero-order valence-electron chi connectivity index (χ0n) is 14.7. The molecule has 0 saturated heterocycles. The number of nitrogens with zero attached hydrogens (tertiary/aromatic N) is 3. The van der Waals surface area contributed by atoms with Crippen LogP contribution in [0.25, 0.3) is 0 Å². The average Bonchev–Trinajstić information content (AvgIpc) is 3.01.